The van der Waals surface area contributed by atoms with Crippen molar-refractivity contribution < 1.29 is 12.8 Å². The topological polar surface area (TPSA) is 37.4 Å². The van der Waals surface area contributed by atoms with Crippen LogP contribution in [0.25, 0.3) is 0 Å². The van der Waals surface area contributed by atoms with Gasteiger partial charge in [0, 0.05) is 11.6 Å². The Morgan fingerprint density at radius 3 is 2.45 bits per heavy atom. The summed E-state index contributed by atoms with van der Waals surface area (Å²) in [7, 11) is -3.66. The molecular weight excluding hydrogens is 325 g/mol. The molecule has 3 nitrogen and oxygen atoms in total. The second-order valence-corrected chi connectivity index (χ2v) is 7.55. The van der Waals surface area contributed by atoms with E-state index in [-0.39, 0.29) is 10.9 Å². The molecule has 1 fully saturated rings. The molecule has 6 heteroatoms. The van der Waals surface area contributed by atoms with Crippen molar-refractivity contribution in [2.45, 2.75) is 23.8 Å². The van der Waals surface area contributed by atoms with Gasteiger partial charge in [-0.3, -0.25) is 0 Å². The van der Waals surface area contributed by atoms with Crippen LogP contribution >= 0.6 is 11.6 Å². The van der Waals surface area contributed by atoms with Gasteiger partial charge in [0.15, 0.2) is 0 Å². The second kappa shape index (κ2) is 5.99. The van der Waals surface area contributed by atoms with E-state index < -0.39 is 15.8 Å². The normalized spacial score (nSPS) is 19.5. The molecule has 0 aliphatic carbocycles. The first-order valence-corrected chi connectivity index (χ1v) is 8.84. The van der Waals surface area contributed by atoms with E-state index in [1.54, 1.807) is 6.07 Å². The summed E-state index contributed by atoms with van der Waals surface area (Å²) >= 11 is 6.22. The summed E-state index contributed by atoms with van der Waals surface area (Å²) in [6.07, 6.45) is 1.50. The average molecular weight is 340 g/mol. The highest BCUT2D eigenvalue weighted by molar-refractivity contribution is 7.89. The van der Waals surface area contributed by atoms with E-state index >= 15 is 0 Å². The predicted molar refractivity (Wildman–Crippen MR) is 83.7 cm³/mol. The Bertz CT molecular complexity index is 777. The van der Waals surface area contributed by atoms with Crippen molar-refractivity contribution in [3.05, 3.63) is 64.9 Å². The maximum atomic E-state index is 13.0. The number of nitrogens with zero attached hydrogens (tertiary/aromatic N) is 1. The molecular formula is C16H15ClFNO2S. The van der Waals surface area contributed by atoms with Crippen molar-refractivity contribution in [1.82, 2.24) is 4.31 Å². The summed E-state index contributed by atoms with van der Waals surface area (Å²) in [4.78, 5) is 0.104. The van der Waals surface area contributed by atoms with Gasteiger partial charge in [-0.15, -0.1) is 0 Å². The summed E-state index contributed by atoms with van der Waals surface area (Å²) in [6.45, 7) is 0.440. The first-order chi connectivity index (χ1) is 10.5. The zero-order valence-electron chi connectivity index (χ0n) is 11.7. The minimum absolute atomic E-state index is 0.104. The Morgan fingerprint density at radius 2 is 1.77 bits per heavy atom. The van der Waals surface area contributed by atoms with Crippen molar-refractivity contribution in [2.75, 3.05) is 6.54 Å². The van der Waals surface area contributed by atoms with Crippen molar-refractivity contribution in [3.63, 3.8) is 0 Å². The highest BCUT2D eigenvalue weighted by atomic mass is 35.5. The molecule has 0 aromatic heterocycles. The lowest BCUT2D eigenvalue weighted by atomic mass is 10.1. The summed E-state index contributed by atoms with van der Waals surface area (Å²) in [5.74, 6) is -0.456. The molecule has 0 amide bonds. The van der Waals surface area contributed by atoms with Crippen LogP contribution in [0, 0.1) is 5.82 Å². The first kappa shape index (κ1) is 15.5. The molecule has 116 valence electrons. The monoisotopic (exact) mass is 339 g/mol. The summed E-state index contributed by atoms with van der Waals surface area (Å²) in [6, 6.07) is 11.9. The molecule has 0 unspecified atom stereocenters. The van der Waals surface area contributed by atoms with Crippen molar-refractivity contribution in [3.8, 4) is 0 Å². The number of hydrogen-bond donors (Lipinski definition) is 0. The minimum Gasteiger partial charge on any atom is -0.207 e. The SMILES string of the molecule is O=S(=O)(c1ccc(F)cc1)N1CCC[C@@H]1c1ccccc1Cl. The molecule has 1 heterocycles. The molecule has 22 heavy (non-hydrogen) atoms. The maximum absolute atomic E-state index is 13.0. The largest absolute Gasteiger partial charge is 0.243 e. The van der Waals surface area contributed by atoms with Gasteiger partial charge < -0.3 is 0 Å². The second-order valence-electron chi connectivity index (χ2n) is 5.25. The third-order valence-corrected chi connectivity index (χ3v) is 6.15. The van der Waals surface area contributed by atoms with Gasteiger partial charge in [0.05, 0.1) is 10.9 Å². The highest BCUT2D eigenvalue weighted by Gasteiger charge is 2.36. The minimum atomic E-state index is -3.66. The number of benzene rings is 2. The fourth-order valence-electron chi connectivity index (χ4n) is 2.83. The van der Waals surface area contributed by atoms with Crippen LogP contribution in [0.5, 0.6) is 0 Å². The lowest BCUT2D eigenvalue weighted by Gasteiger charge is -2.25. The molecule has 2 aromatic carbocycles. The zero-order chi connectivity index (χ0) is 15.7. The fourth-order valence-corrected chi connectivity index (χ4v) is 4.76. The van der Waals surface area contributed by atoms with Crippen LogP contribution in [-0.2, 0) is 10.0 Å². The Morgan fingerprint density at radius 1 is 1.09 bits per heavy atom. The molecule has 1 saturated heterocycles. The third kappa shape index (κ3) is 2.76. The van der Waals surface area contributed by atoms with Gasteiger partial charge in [-0.25, -0.2) is 12.8 Å². The van der Waals surface area contributed by atoms with Gasteiger partial charge in [-0.1, -0.05) is 29.8 Å². The van der Waals surface area contributed by atoms with Crippen molar-refractivity contribution in [2.24, 2.45) is 0 Å². The molecule has 1 aliphatic heterocycles. The quantitative estimate of drug-likeness (QED) is 0.847. The number of sulfonamides is 1. The van der Waals surface area contributed by atoms with E-state index in [1.165, 1.54) is 16.4 Å². The van der Waals surface area contributed by atoms with E-state index in [4.69, 9.17) is 11.6 Å². The smallest absolute Gasteiger partial charge is 0.207 e. The summed E-state index contributed by atoms with van der Waals surface area (Å²) in [5, 5.41) is 0.564. The Labute approximate surface area is 134 Å². The molecule has 0 radical (unpaired) electrons. The van der Waals surface area contributed by atoms with Crippen molar-refractivity contribution >= 4 is 21.6 Å². The fraction of sp³-hybridized carbons (Fsp3) is 0.250. The molecule has 2 aromatic rings. The lowest BCUT2D eigenvalue weighted by molar-refractivity contribution is 0.397. The van der Waals surface area contributed by atoms with Crippen LogP contribution in [0.15, 0.2) is 53.4 Å². The Hall–Kier alpha value is -1.43. The Kier molecular flexibility index (Phi) is 4.21. The van der Waals surface area contributed by atoms with Crippen LogP contribution in [0.3, 0.4) is 0 Å². The van der Waals surface area contributed by atoms with Crippen LogP contribution in [0.4, 0.5) is 4.39 Å². The standard InChI is InChI=1S/C16H15ClFNO2S/c17-15-5-2-1-4-14(15)16-6-3-11-19(16)22(20,21)13-9-7-12(18)8-10-13/h1-2,4-5,7-10,16H,3,6,11H2/t16-/m1/s1. The van der Waals surface area contributed by atoms with Gasteiger partial charge in [-0.05, 0) is 48.7 Å². The number of rotatable bonds is 3. The molecule has 1 aliphatic rings. The van der Waals surface area contributed by atoms with E-state index in [1.807, 2.05) is 18.2 Å². The molecule has 1 atom stereocenters. The molecule has 0 bridgehead atoms. The van der Waals surface area contributed by atoms with E-state index in [0.29, 0.717) is 11.6 Å². The van der Waals surface area contributed by atoms with E-state index in [2.05, 4.69) is 0 Å². The van der Waals surface area contributed by atoms with Gasteiger partial charge in [0.2, 0.25) is 10.0 Å². The highest BCUT2D eigenvalue weighted by Crippen LogP contribution is 2.39. The van der Waals surface area contributed by atoms with Crippen LogP contribution in [0.1, 0.15) is 24.4 Å². The third-order valence-electron chi connectivity index (χ3n) is 3.89. The maximum Gasteiger partial charge on any atom is 0.243 e. The van der Waals surface area contributed by atoms with Gasteiger partial charge in [0.25, 0.3) is 0 Å². The van der Waals surface area contributed by atoms with E-state index in [9.17, 15) is 12.8 Å². The predicted octanol–water partition coefficient (Wildman–Crippen LogP) is 4.00. The summed E-state index contributed by atoms with van der Waals surface area (Å²) < 4.78 is 40.1. The Balaban J connectivity index is 1.99. The first-order valence-electron chi connectivity index (χ1n) is 7.02. The van der Waals surface area contributed by atoms with Gasteiger partial charge >= 0.3 is 0 Å². The lowest BCUT2D eigenvalue weighted by Crippen LogP contribution is -2.30. The van der Waals surface area contributed by atoms with Gasteiger partial charge in [-0.2, -0.15) is 4.31 Å². The molecule has 0 N–H and O–H groups in total. The number of hydrogen-bond acceptors (Lipinski definition) is 2. The van der Waals surface area contributed by atoms with Crippen LogP contribution in [0.2, 0.25) is 5.02 Å². The van der Waals surface area contributed by atoms with Crippen LogP contribution in [-0.4, -0.2) is 19.3 Å². The summed E-state index contributed by atoms with van der Waals surface area (Å²) in [5.41, 5.74) is 0.812. The molecule has 0 spiro atoms. The van der Waals surface area contributed by atoms with E-state index in [0.717, 1.165) is 30.5 Å². The van der Waals surface area contributed by atoms with Crippen molar-refractivity contribution in [1.29, 1.82) is 0 Å². The molecule has 3 rings (SSSR count). The van der Waals surface area contributed by atoms with Gasteiger partial charge in [0.1, 0.15) is 5.82 Å². The molecule has 0 saturated carbocycles. The zero-order valence-corrected chi connectivity index (χ0v) is 13.3. The van der Waals surface area contributed by atoms with Crippen LogP contribution < -0.4 is 0 Å². The average Bonchev–Trinajstić information content (AvgIpc) is 2.98. The number of halogens is 2.